The Labute approximate surface area is 152 Å². The van der Waals surface area contributed by atoms with Crippen LogP contribution in [0.1, 0.15) is 28.8 Å². The van der Waals surface area contributed by atoms with Crippen molar-refractivity contribution in [1.29, 1.82) is 0 Å². The lowest BCUT2D eigenvalue weighted by Crippen LogP contribution is -2.11. The first-order valence-corrected chi connectivity index (χ1v) is 9.90. The van der Waals surface area contributed by atoms with E-state index in [0.717, 1.165) is 12.0 Å². The first-order chi connectivity index (χ1) is 12.5. The number of amides is 1. The van der Waals surface area contributed by atoms with E-state index < -0.39 is 15.7 Å². The third-order valence-electron chi connectivity index (χ3n) is 3.91. The Morgan fingerprint density at radius 2 is 1.77 bits per heavy atom. The monoisotopic (exact) mass is 369 g/mol. The zero-order valence-electron chi connectivity index (χ0n) is 14.3. The molecule has 3 aromatic rings. The van der Waals surface area contributed by atoms with Gasteiger partial charge in [-0.3, -0.25) is 4.79 Å². The standard InChI is InChI=1S/C20H19NO4S/c1-2-15-7-6-8-16(13-15)21-20(22)19-12-11-17(25-19)14-26(23,24)18-9-4-3-5-10-18/h3-13H,2,14H2,1H3,(H,21,22). The van der Waals surface area contributed by atoms with E-state index in [4.69, 9.17) is 4.42 Å². The van der Waals surface area contributed by atoms with E-state index in [0.29, 0.717) is 5.69 Å². The number of furan rings is 1. The number of benzene rings is 2. The van der Waals surface area contributed by atoms with Crippen molar-refractivity contribution < 1.29 is 17.6 Å². The molecular weight excluding hydrogens is 350 g/mol. The van der Waals surface area contributed by atoms with Gasteiger partial charge in [0.05, 0.1) is 4.90 Å². The van der Waals surface area contributed by atoms with Crippen LogP contribution in [-0.4, -0.2) is 14.3 Å². The molecule has 6 heteroatoms. The smallest absolute Gasteiger partial charge is 0.291 e. The Balaban J connectivity index is 1.72. The molecule has 0 radical (unpaired) electrons. The molecule has 134 valence electrons. The topological polar surface area (TPSA) is 76.4 Å². The zero-order chi connectivity index (χ0) is 18.6. The molecule has 1 amide bonds. The fraction of sp³-hybridized carbons (Fsp3) is 0.150. The summed E-state index contributed by atoms with van der Waals surface area (Å²) in [5.41, 5.74) is 1.78. The molecule has 0 fully saturated rings. The first-order valence-electron chi connectivity index (χ1n) is 8.25. The summed E-state index contributed by atoms with van der Waals surface area (Å²) in [5, 5.41) is 2.76. The summed E-state index contributed by atoms with van der Waals surface area (Å²) in [6.45, 7) is 2.03. The van der Waals surface area contributed by atoms with Crippen molar-refractivity contribution >= 4 is 21.4 Å². The largest absolute Gasteiger partial charge is 0.455 e. The molecule has 1 aromatic heterocycles. The molecule has 0 aliphatic rings. The van der Waals surface area contributed by atoms with E-state index >= 15 is 0 Å². The SMILES string of the molecule is CCc1cccc(NC(=O)c2ccc(CS(=O)(=O)c3ccccc3)o2)c1. The van der Waals surface area contributed by atoms with Gasteiger partial charge in [0.1, 0.15) is 11.5 Å². The van der Waals surface area contributed by atoms with E-state index in [1.54, 1.807) is 24.3 Å². The average molecular weight is 369 g/mol. The van der Waals surface area contributed by atoms with Crippen LogP contribution >= 0.6 is 0 Å². The van der Waals surface area contributed by atoms with Crippen LogP contribution in [-0.2, 0) is 22.0 Å². The van der Waals surface area contributed by atoms with Gasteiger partial charge < -0.3 is 9.73 Å². The summed E-state index contributed by atoms with van der Waals surface area (Å²) in [4.78, 5) is 12.5. The van der Waals surface area contributed by atoms with Gasteiger partial charge in [0.15, 0.2) is 15.6 Å². The van der Waals surface area contributed by atoms with E-state index in [2.05, 4.69) is 5.32 Å². The number of aryl methyl sites for hydroxylation is 1. The molecule has 1 N–H and O–H groups in total. The highest BCUT2D eigenvalue weighted by Gasteiger charge is 2.19. The summed E-state index contributed by atoms with van der Waals surface area (Å²) in [6, 6.07) is 18.7. The maximum Gasteiger partial charge on any atom is 0.291 e. The van der Waals surface area contributed by atoms with Crippen LogP contribution in [0.15, 0.2) is 76.0 Å². The van der Waals surface area contributed by atoms with Crippen molar-refractivity contribution in [3.8, 4) is 0 Å². The molecule has 0 aliphatic heterocycles. The number of hydrogen-bond donors (Lipinski definition) is 1. The summed E-state index contributed by atoms with van der Waals surface area (Å²) in [6.07, 6.45) is 0.867. The van der Waals surface area contributed by atoms with E-state index in [1.165, 1.54) is 24.3 Å². The molecule has 0 bridgehead atoms. The van der Waals surface area contributed by atoms with Gasteiger partial charge in [-0.15, -0.1) is 0 Å². The van der Waals surface area contributed by atoms with Crippen molar-refractivity contribution in [2.45, 2.75) is 24.0 Å². The maximum absolute atomic E-state index is 12.4. The second-order valence-corrected chi connectivity index (χ2v) is 7.84. The number of hydrogen-bond acceptors (Lipinski definition) is 4. The Morgan fingerprint density at radius 1 is 1.00 bits per heavy atom. The van der Waals surface area contributed by atoms with E-state index in [-0.39, 0.29) is 22.2 Å². The second kappa shape index (κ2) is 7.58. The number of sulfone groups is 1. The van der Waals surface area contributed by atoms with E-state index in [1.807, 2.05) is 25.1 Å². The quantitative estimate of drug-likeness (QED) is 0.711. The van der Waals surface area contributed by atoms with Crippen LogP contribution in [0.3, 0.4) is 0 Å². The Kier molecular flexibility index (Phi) is 5.23. The number of rotatable bonds is 6. The minimum Gasteiger partial charge on any atom is -0.455 e. The second-order valence-electron chi connectivity index (χ2n) is 5.85. The molecule has 0 unspecified atom stereocenters. The summed E-state index contributed by atoms with van der Waals surface area (Å²) in [5.74, 6) is -0.414. The van der Waals surface area contributed by atoms with Crippen LogP contribution in [0, 0.1) is 0 Å². The maximum atomic E-state index is 12.4. The molecule has 0 atom stereocenters. The molecule has 3 rings (SSSR count). The molecule has 0 aliphatic carbocycles. The Bertz CT molecular complexity index is 1010. The number of carbonyl (C=O) groups excluding carboxylic acids is 1. The molecule has 0 saturated carbocycles. The Morgan fingerprint density at radius 3 is 2.50 bits per heavy atom. The van der Waals surface area contributed by atoms with Gasteiger partial charge >= 0.3 is 0 Å². The lowest BCUT2D eigenvalue weighted by atomic mass is 10.1. The third kappa shape index (κ3) is 4.21. The molecule has 1 heterocycles. The van der Waals surface area contributed by atoms with Crippen molar-refractivity contribution in [3.05, 3.63) is 83.8 Å². The highest BCUT2D eigenvalue weighted by atomic mass is 32.2. The first kappa shape index (κ1) is 17.9. The van der Waals surface area contributed by atoms with Gasteiger partial charge in [-0.2, -0.15) is 0 Å². The lowest BCUT2D eigenvalue weighted by Gasteiger charge is -2.05. The van der Waals surface area contributed by atoms with Crippen molar-refractivity contribution in [1.82, 2.24) is 0 Å². The third-order valence-corrected chi connectivity index (χ3v) is 5.57. The highest BCUT2D eigenvalue weighted by molar-refractivity contribution is 7.90. The van der Waals surface area contributed by atoms with Crippen molar-refractivity contribution in [2.75, 3.05) is 5.32 Å². The minimum absolute atomic E-state index is 0.0742. The number of carbonyl (C=O) groups is 1. The lowest BCUT2D eigenvalue weighted by molar-refractivity contribution is 0.0995. The van der Waals surface area contributed by atoms with Gasteiger partial charge in [-0.1, -0.05) is 37.3 Å². The van der Waals surface area contributed by atoms with Crippen LogP contribution in [0.25, 0.3) is 0 Å². The van der Waals surface area contributed by atoms with Gasteiger partial charge in [0, 0.05) is 5.69 Å². The molecule has 0 saturated heterocycles. The van der Waals surface area contributed by atoms with Crippen molar-refractivity contribution in [2.24, 2.45) is 0 Å². The number of anilines is 1. The predicted octanol–water partition coefficient (Wildman–Crippen LogP) is 4.07. The fourth-order valence-electron chi connectivity index (χ4n) is 2.54. The van der Waals surface area contributed by atoms with Crippen LogP contribution in [0.5, 0.6) is 0 Å². The highest BCUT2D eigenvalue weighted by Crippen LogP contribution is 2.19. The summed E-state index contributed by atoms with van der Waals surface area (Å²) < 4.78 is 30.2. The van der Waals surface area contributed by atoms with Gasteiger partial charge in [0.2, 0.25) is 0 Å². The van der Waals surface area contributed by atoms with Crippen LogP contribution in [0.2, 0.25) is 0 Å². The molecule has 5 nitrogen and oxygen atoms in total. The minimum atomic E-state index is -3.52. The number of nitrogens with one attached hydrogen (secondary N) is 1. The van der Waals surface area contributed by atoms with Crippen molar-refractivity contribution in [3.63, 3.8) is 0 Å². The normalized spacial score (nSPS) is 11.3. The van der Waals surface area contributed by atoms with Gasteiger partial charge in [-0.25, -0.2) is 8.42 Å². The van der Waals surface area contributed by atoms with Crippen LogP contribution in [0.4, 0.5) is 5.69 Å². The van der Waals surface area contributed by atoms with E-state index in [9.17, 15) is 13.2 Å². The molecular formula is C20H19NO4S. The van der Waals surface area contributed by atoms with Gasteiger partial charge in [-0.05, 0) is 48.4 Å². The molecule has 2 aromatic carbocycles. The zero-order valence-corrected chi connectivity index (χ0v) is 15.1. The Hall–Kier alpha value is -2.86. The molecule has 26 heavy (non-hydrogen) atoms. The van der Waals surface area contributed by atoms with Crippen LogP contribution < -0.4 is 5.32 Å². The molecule has 0 spiro atoms. The summed E-state index contributed by atoms with van der Waals surface area (Å²) in [7, 11) is -3.52. The predicted molar refractivity (Wildman–Crippen MR) is 99.8 cm³/mol. The summed E-state index contributed by atoms with van der Waals surface area (Å²) >= 11 is 0. The average Bonchev–Trinajstić information content (AvgIpc) is 3.10. The fourth-order valence-corrected chi connectivity index (χ4v) is 3.81. The van der Waals surface area contributed by atoms with Gasteiger partial charge in [0.25, 0.3) is 5.91 Å².